The van der Waals surface area contributed by atoms with Crippen LogP contribution in [-0.4, -0.2) is 33.5 Å². The van der Waals surface area contributed by atoms with Gasteiger partial charge in [0.05, 0.1) is 19.2 Å². The molecular formula is C20H19FN4O3. The second-order valence-electron chi connectivity index (χ2n) is 6.62. The first-order valence-electron chi connectivity index (χ1n) is 8.99. The molecule has 0 aliphatic carbocycles. The van der Waals surface area contributed by atoms with E-state index in [1.54, 1.807) is 35.2 Å². The summed E-state index contributed by atoms with van der Waals surface area (Å²) in [7, 11) is 0. The van der Waals surface area contributed by atoms with Gasteiger partial charge in [0.1, 0.15) is 11.6 Å². The molecule has 7 nitrogen and oxygen atoms in total. The summed E-state index contributed by atoms with van der Waals surface area (Å²) in [5.74, 6) is -0.273. The number of hydrogen-bond acceptors (Lipinski definition) is 4. The Morgan fingerprint density at radius 1 is 1.25 bits per heavy atom. The zero-order valence-electron chi connectivity index (χ0n) is 15.1. The van der Waals surface area contributed by atoms with Gasteiger partial charge in [-0.15, -0.1) is 0 Å². The molecule has 0 bridgehead atoms. The van der Waals surface area contributed by atoms with Crippen molar-refractivity contribution < 1.29 is 18.4 Å². The standard InChI is InChI=1S/C20H19FN4O3/c21-16-6-2-1-4-13(16)10-18(26)25-8-7-17-15(12-25)19(24-23-17)20(27)22-11-14-5-3-9-28-14/h1-6,9H,7-8,10-12H2,(H,22,27)(H,23,24). The van der Waals surface area contributed by atoms with Crippen LogP contribution in [0.25, 0.3) is 0 Å². The molecule has 0 saturated heterocycles. The van der Waals surface area contributed by atoms with Crippen LogP contribution >= 0.6 is 0 Å². The lowest BCUT2D eigenvalue weighted by Gasteiger charge is -2.27. The van der Waals surface area contributed by atoms with Crippen molar-refractivity contribution in [3.8, 4) is 0 Å². The molecule has 1 aliphatic heterocycles. The molecule has 0 saturated carbocycles. The molecule has 0 fully saturated rings. The van der Waals surface area contributed by atoms with Gasteiger partial charge in [-0.25, -0.2) is 4.39 Å². The van der Waals surface area contributed by atoms with Gasteiger partial charge >= 0.3 is 0 Å². The Bertz CT molecular complexity index is 997. The van der Waals surface area contributed by atoms with Gasteiger partial charge in [0.25, 0.3) is 5.91 Å². The molecule has 28 heavy (non-hydrogen) atoms. The van der Waals surface area contributed by atoms with Gasteiger partial charge in [-0.3, -0.25) is 14.7 Å². The highest BCUT2D eigenvalue weighted by molar-refractivity contribution is 5.94. The summed E-state index contributed by atoms with van der Waals surface area (Å²) in [6.45, 7) is 1.02. The lowest BCUT2D eigenvalue weighted by atomic mass is 10.0. The van der Waals surface area contributed by atoms with E-state index in [0.717, 1.165) is 5.69 Å². The van der Waals surface area contributed by atoms with Gasteiger partial charge < -0.3 is 14.6 Å². The van der Waals surface area contributed by atoms with E-state index in [1.807, 2.05) is 0 Å². The van der Waals surface area contributed by atoms with Crippen molar-refractivity contribution in [2.24, 2.45) is 0 Å². The number of halogens is 1. The van der Waals surface area contributed by atoms with Crippen LogP contribution in [0.15, 0.2) is 47.1 Å². The van der Waals surface area contributed by atoms with Gasteiger partial charge in [-0.1, -0.05) is 18.2 Å². The average molecular weight is 382 g/mol. The minimum absolute atomic E-state index is 0.0140. The molecule has 1 aliphatic rings. The molecule has 4 rings (SSSR count). The highest BCUT2D eigenvalue weighted by Crippen LogP contribution is 2.21. The lowest BCUT2D eigenvalue weighted by Crippen LogP contribution is -2.37. The number of rotatable bonds is 5. The molecule has 0 spiro atoms. The maximum absolute atomic E-state index is 13.8. The summed E-state index contributed by atoms with van der Waals surface area (Å²) >= 11 is 0. The smallest absolute Gasteiger partial charge is 0.272 e. The zero-order valence-corrected chi connectivity index (χ0v) is 15.1. The van der Waals surface area contributed by atoms with Crippen molar-refractivity contribution in [2.75, 3.05) is 6.54 Å². The van der Waals surface area contributed by atoms with Gasteiger partial charge in [0.2, 0.25) is 5.91 Å². The van der Waals surface area contributed by atoms with E-state index in [9.17, 15) is 14.0 Å². The van der Waals surface area contributed by atoms with Gasteiger partial charge in [-0.05, 0) is 23.8 Å². The fraction of sp³-hybridized carbons (Fsp3) is 0.250. The van der Waals surface area contributed by atoms with Crippen LogP contribution < -0.4 is 5.32 Å². The van der Waals surface area contributed by atoms with Crippen LogP contribution in [0.3, 0.4) is 0 Å². The molecule has 2 N–H and O–H groups in total. The first-order valence-corrected chi connectivity index (χ1v) is 8.99. The third kappa shape index (κ3) is 3.66. The van der Waals surface area contributed by atoms with E-state index < -0.39 is 5.82 Å². The third-order valence-electron chi connectivity index (χ3n) is 4.80. The number of H-pyrrole nitrogens is 1. The van der Waals surface area contributed by atoms with Crippen LogP contribution in [0.1, 0.15) is 33.1 Å². The van der Waals surface area contributed by atoms with Crippen LogP contribution in [0.2, 0.25) is 0 Å². The van der Waals surface area contributed by atoms with Crippen molar-refractivity contribution in [1.29, 1.82) is 0 Å². The van der Waals surface area contributed by atoms with Gasteiger partial charge in [0.15, 0.2) is 5.69 Å². The Balaban J connectivity index is 1.44. The maximum atomic E-state index is 13.8. The van der Waals surface area contributed by atoms with Crippen LogP contribution in [0.5, 0.6) is 0 Å². The maximum Gasteiger partial charge on any atom is 0.272 e. The van der Waals surface area contributed by atoms with Crippen molar-refractivity contribution in [3.63, 3.8) is 0 Å². The summed E-state index contributed by atoms with van der Waals surface area (Å²) in [6, 6.07) is 9.76. The molecule has 0 radical (unpaired) electrons. The van der Waals surface area contributed by atoms with E-state index in [1.165, 1.54) is 12.3 Å². The predicted molar refractivity (Wildman–Crippen MR) is 97.7 cm³/mol. The van der Waals surface area contributed by atoms with E-state index >= 15 is 0 Å². The molecule has 1 aromatic carbocycles. The van der Waals surface area contributed by atoms with E-state index in [0.29, 0.717) is 29.9 Å². The number of carbonyl (C=O) groups is 2. The number of carbonyl (C=O) groups excluding carboxylic acids is 2. The van der Waals surface area contributed by atoms with Gasteiger partial charge in [-0.2, -0.15) is 5.10 Å². The number of amides is 2. The minimum Gasteiger partial charge on any atom is -0.467 e. The Kier molecular flexibility index (Phi) is 4.92. The summed E-state index contributed by atoms with van der Waals surface area (Å²) in [5.41, 5.74) is 2.18. The Hall–Kier alpha value is -3.42. The number of furan rings is 1. The van der Waals surface area contributed by atoms with Crippen molar-refractivity contribution in [1.82, 2.24) is 20.4 Å². The second-order valence-corrected chi connectivity index (χ2v) is 6.62. The highest BCUT2D eigenvalue weighted by Gasteiger charge is 2.28. The molecule has 144 valence electrons. The molecule has 3 aromatic rings. The SMILES string of the molecule is O=C(NCc1ccco1)c1n[nH]c2c1CN(C(=O)Cc1ccccc1F)CC2. The number of nitrogens with one attached hydrogen (secondary N) is 2. The van der Waals surface area contributed by atoms with Crippen LogP contribution in [0, 0.1) is 5.82 Å². The quantitative estimate of drug-likeness (QED) is 0.708. The number of fused-ring (bicyclic) bond motifs is 1. The molecule has 0 unspecified atom stereocenters. The summed E-state index contributed by atoms with van der Waals surface area (Å²) in [6.07, 6.45) is 2.09. The normalized spacial score (nSPS) is 13.2. The molecule has 3 heterocycles. The van der Waals surface area contributed by atoms with E-state index in [4.69, 9.17) is 4.42 Å². The largest absolute Gasteiger partial charge is 0.467 e. The minimum atomic E-state index is -0.394. The number of aromatic nitrogens is 2. The summed E-state index contributed by atoms with van der Waals surface area (Å²) < 4.78 is 19.0. The molecule has 2 amide bonds. The van der Waals surface area contributed by atoms with Crippen molar-refractivity contribution in [2.45, 2.75) is 25.9 Å². The number of benzene rings is 1. The topological polar surface area (TPSA) is 91.2 Å². The molecule has 8 heteroatoms. The fourth-order valence-electron chi connectivity index (χ4n) is 3.28. The Labute approximate surface area is 160 Å². The summed E-state index contributed by atoms with van der Waals surface area (Å²) in [4.78, 5) is 26.8. The first kappa shape index (κ1) is 18.0. The average Bonchev–Trinajstić information content (AvgIpc) is 3.37. The zero-order chi connectivity index (χ0) is 19.5. The lowest BCUT2D eigenvalue weighted by molar-refractivity contribution is -0.131. The van der Waals surface area contributed by atoms with Crippen molar-refractivity contribution >= 4 is 11.8 Å². The Morgan fingerprint density at radius 3 is 2.89 bits per heavy atom. The second kappa shape index (κ2) is 7.67. The number of nitrogens with zero attached hydrogens (tertiary/aromatic N) is 2. The summed E-state index contributed by atoms with van der Waals surface area (Å²) in [5, 5.41) is 9.77. The highest BCUT2D eigenvalue weighted by atomic mass is 19.1. The number of hydrogen-bond donors (Lipinski definition) is 2. The predicted octanol–water partition coefficient (Wildman–Crippen LogP) is 2.20. The third-order valence-corrected chi connectivity index (χ3v) is 4.80. The van der Waals surface area contributed by atoms with Gasteiger partial charge in [0, 0.05) is 30.8 Å². The van der Waals surface area contributed by atoms with E-state index in [2.05, 4.69) is 15.5 Å². The fourth-order valence-corrected chi connectivity index (χ4v) is 3.28. The van der Waals surface area contributed by atoms with Crippen LogP contribution in [0.4, 0.5) is 4.39 Å². The molecule has 2 aromatic heterocycles. The monoisotopic (exact) mass is 382 g/mol. The molecular weight excluding hydrogens is 363 g/mol. The molecule has 0 atom stereocenters. The van der Waals surface area contributed by atoms with Crippen molar-refractivity contribution in [3.05, 3.63) is 76.8 Å². The van der Waals surface area contributed by atoms with E-state index in [-0.39, 0.29) is 37.0 Å². The van der Waals surface area contributed by atoms with Crippen LogP contribution in [-0.2, 0) is 30.7 Å². The Morgan fingerprint density at radius 2 is 2.11 bits per heavy atom. The first-order chi connectivity index (χ1) is 13.6. The number of aromatic amines is 1.